The standard InChI is InChI=1S/C9H16O4/c1-9(2)12-7-4-5(10)3-6(11)8(7)13-9/h5-8,10-11H,3-4H2,1-2H3/t5?,6-,7-,8+/m1/s1. The summed E-state index contributed by atoms with van der Waals surface area (Å²) >= 11 is 0. The Hall–Kier alpha value is -0.160. The fraction of sp³-hybridized carbons (Fsp3) is 1.00. The first-order valence-electron chi connectivity index (χ1n) is 4.70. The zero-order valence-corrected chi connectivity index (χ0v) is 7.93. The van der Waals surface area contributed by atoms with Gasteiger partial charge in [0.2, 0.25) is 0 Å². The molecule has 0 aromatic rings. The number of fused-ring (bicyclic) bond motifs is 1. The van der Waals surface area contributed by atoms with Crippen LogP contribution in [0.4, 0.5) is 0 Å². The van der Waals surface area contributed by atoms with Gasteiger partial charge in [-0.25, -0.2) is 0 Å². The summed E-state index contributed by atoms with van der Waals surface area (Å²) in [6.45, 7) is 3.65. The SMILES string of the molecule is CC1(C)O[C@H]2[C@H](O)CC(O)C[C@H]2O1. The molecule has 4 atom stereocenters. The van der Waals surface area contributed by atoms with Crippen LogP contribution in [0.3, 0.4) is 0 Å². The second-order valence-corrected chi connectivity index (χ2v) is 4.33. The third-order valence-electron chi connectivity index (χ3n) is 2.62. The Morgan fingerprint density at radius 2 is 1.85 bits per heavy atom. The zero-order valence-electron chi connectivity index (χ0n) is 7.93. The first kappa shape index (κ1) is 9.40. The summed E-state index contributed by atoms with van der Waals surface area (Å²) in [6.07, 6.45) is -0.539. The fourth-order valence-electron chi connectivity index (χ4n) is 2.15. The lowest BCUT2D eigenvalue weighted by molar-refractivity contribution is -0.153. The van der Waals surface area contributed by atoms with Gasteiger partial charge in [0, 0.05) is 12.8 Å². The van der Waals surface area contributed by atoms with E-state index in [2.05, 4.69) is 0 Å². The Labute approximate surface area is 77.5 Å². The molecule has 1 saturated heterocycles. The molecular formula is C9H16O4. The van der Waals surface area contributed by atoms with E-state index in [0.717, 1.165) is 0 Å². The molecule has 76 valence electrons. The maximum Gasteiger partial charge on any atom is 0.163 e. The van der Waals surface area contributed by atoms with E-state index in [0.29, 0.717) is 12.8 Å². The van der Waals surface area contributed by atoms with Crippen molar-refractivity contribution in [2.75, 3.05) is 0 Å². The van der Waals surface area contributed by atoms with Gasteiger partial charge in [0.25, 0.3) is 0 Å². The Morgan fingerprint density at radius 1 is 1.15 bits per heavy atom. The summed E-state index contributed by atoms with van der Waals surface area (Å²) in [6, 6.07) is 0. The van der Waals surface area contributed by atoms with Crippen molar-refractivity contribution >= 4 is 0 Å². The van der Waals surface area contributed by atoms with Crippen LogP contribution >= 0.6 is 0 Å². The van der Waals surface area contributed by atoms with Crippen molar-refractivity contribution in [1.29, 1.82) is 0 Å². The molecule has 0 bridgehead atoms. The van der Waals surface area contributed by atoms with E-state index in [-0.39, 0.29) is 12.2 Å². The summed E-state index contributed by atoms with van der Waals surface area (Å²) in [5.41, 5.74) is 0. The van der Waals surface area contributed by atoms with Crippen LogP contribution < -0.4 is 0 Å². The van der Waals surface area contributed by atoms with Crippen LogP contribution in [0.2, 0.25) is 0 Å². The molecule has 1 saturated carbocycles. The number of hydrogen-bond acceptors (Lipinski definition) is 4. The van der Waals surface area contributed by atoms with Gasteiger partial charge in [0.05, 0.1) is 18.3 Å². The summed E-state index contributed by atoms with van der Waals surface area (Å²) in [5.74, 6) is -0.625. The highest BCUT2D eigenvalue weighted by atomic mass is 16.8. The summed E-state index contributed by atoms with van der Waals surface area (Å²) in [4.78, 5) is 0. The zero-order chi connectivity index (χ0) is 9.64. The van der Waals surface area contributed by atoms with Gasteiger partial charge in [-0.05, 0) is 13.8 Å². The quantitative estimate of drug-likeness (QED) is 0.562. The molecule has 1 aliphatic carbocycles. The van der Waals surface area contributed by atoms with Crippen molar-refractivity contribution in [1.82, 2.24) is 0 Å². The number of aliphatic hydroxyl groups is 2. The molecule has 0 aromatic heterocycles. The van der Waals surface area contributed by atoms with Gasteiger partial charge in [-0.2, -0.15) is 0 Å². The van der Waals surface area contributed by atoms with E-state index in [1.165, 1.54) is 0 Å². The first-order chi connectivity index (χ1) is 5.98. The van der Waals surface area contributed by atoms with Crippen LogP contribution in [0.5, 0.6) is 0 Å². The maximum atomic E-state index is 9.62. The molecule has 2 aliphatic rings. The first-order valence-corrected chi connectivity index (χ1v) is 4.70. The van der Waals surface area contributed by atoms with E-state index >= 15 is 0 Å². The molecule has 1 aliphatic heterocycles. The topological polar surface area (TPSA) is 58.9 Å². The molecular weight excluding hydrogens is 172 g/mol. The van der Waals surface area contributed by atoms with Crippen molar-refractivity contribution in [2.24, 2.45) is 0 Å². The summed E-state index contributed by atoms with van der Waals surface area (Å²) in [7, 11) is 0. The van der Waals surface area contributed by atoms with Gasteiger partial charge < -0.3 is 19.7 Å². The molecule has 2 fully saturated rings. The van der Waals surface area contributed by atoms with E-state index < -0.39 is 18.0 Å². The second kappa shape index (κ2) is 2.92. The van der Waals surface area contributed by atoms with Gasteiger partial charge in [0.1, 0.15) is 6.10 Å². The van der Waals surface area contributed by atoms with Crippen LogP contribution in [0.25, 0.3) is 0 Å². The number of hydrogen-bond donors (Lipinski definition) is 2. The molecule has 0 aromatic carbocycles. The molecule has 2 N–H and O–H groups in total. The van der Waals surface area contributed by atoms with Gasteiger partial charge in [-0.3, -0.25) is 0 Å². The highest BCUT2D eigenvalue weighted by Gasteiger charge is 2.48. The van der Waals surface area contributed by atoms with Crippen LogP contribution in [0.15, 0.2) is 0 Å². The predicted octanol–water partition coefficient (Wildman–Crippen LogP) is 0.0221. The fourth-order valence-corrected chi connectivity index (χ4v) is 2.15. The van der Waals surface area contributed by atoms with E-state index in [4.69, 9.17) is 9.47 Å². The maximum absolute atomic E-state index is 9.62. The average molecular weight is 188 g/mol. The van der Waals surface area contributed by atoms with Crippen molar-refractivity contribution in [2.45, 2.75) is 56.9 Å². The molecule has 1 heterocycles. The lowest BCUT2D eigenvalue weighted by atomic mass is 9.90. The van der Waals surface area contributed by atoms with Crippen molar-refractivity contribution in [3.8, 4) is 0 Å². The molecule has 4 heteroatoms. The predicted molar refractivity (Wildman–Crippen MR) is 45.1 cm³/mol. The van der Waals surface area contributed by atoms with Crippen LogP contribution in [-0.4, -0.2) is 40.4 Å². The van der Waals surface area contributed by atoms with Crippen LogP contribution in [0, 0.1) is 0 Å². The highest BCUT2D eigenvalue weighted by molar-refractivity contribution is 4.93. The normalized spacial score (nSPS) is 48.9. The van der Waals surface area contributed by atoms with Gasteiger partial charge >= 0.3 is 0 Å². The van der Waals surface area contributed by atoms with E-state index in [1.54, 1.807) is 0 Å². The average Bonchev–Trinajstić information content (AvgIpc) is 2.23. The minimum absolute atomic E-state index is 0.159. The third kappa shape index (κ3) is 1.72. The second-order valence-electron chi connectivity index (χ2n) is 4.33. The van der Waals surface area contributed by atoms with Gasteiger partial charge in [0.15, 0.2) is 5.79 Å². The van der Waals surface area contributed by atoms with Crippen molar-refractivity contribution < 1.29 is 19.7 Å². The molecule has 4 nitrogen and oxygen atoms in total. The monoisotopic (exact) mass is 188 g/mol. The Morgan fingerprint density at radius 3 is 2.54 bits per heavy atom. The van der Waals surface area contributed by atoms with Gasteiger partial charge in [-0.1, -0.05) is 0 Å². The van der Waals surface area contributed by atoms with E-state index in [1.807, 2.05) is 13.8 Å². The van der Waals surface area contributed by atoms with Crippen LogP contribution in [-0.2, 0) is 9.47 Å². The highest BCUT2D eigenvalue weighted by Crippen LogP contribution is 2.36. The number of rotatable bonds is 0. The minimum atomic E-state index is -0.625. The third-order valence-corrected chi connectivity index (χ3v) is 2.62. The molecule has 13 heavy (non-hydrogen) atoms. The van der Waals surface area contributed by atoms with Crippen molar-refractivity contribution in [3.63, 3.8) is 0 Å². The van der Waals surface area contributed by atoms with E-state index in [9.17, 15) is 10.2 Å². The smallest absolute Gasteiger partial charge is 0.163 e. The molecule has 2 rings (SSSR count). The number of ether oxygens (including phenoxy) is 2. The summed E-state index contributed by atoms with van der Waals surface area (Å²) < 4.78 is 11.1. The van der Waals surface area contributed by atoms with Crippen molar-refractivity contribution in [3.05, 3.63) is 0 Å². The summed E-state index contributed by atoms with van der Waals surface area (Å²) in [5, 5.41) is 19.0. The minimum Gasteiger partial charge on any atom is -0.393 e. The molecule has 0 amide bonds. The lowest BCUT2D eigenvalue weighted by Crippen LogP contribution is -2.44. The lowest BCUT2D eigenvalue weighted by Gasteiger charge is -2.30. The molecule has 1 unspecified atom stereocenters. The largest absolute Gasteiger partial charge is 0.393 e. The van der Waals surface area contributed by atoms with Crippen LogP contribution in [0.1, 0.15) is 26.7 Å². The Balaban J connectivity index is 2.10. The Kier molecular flexibility index (Phi) is 2.11. The van der Waals surface area contributed by atoms with Gasteiger partial charge in [-0.15, -0.1) is 0 Å². The Bertz CT molecular complexity index is 204. The molecule has 0 spiro atoms. The molecule has 0 radical (unpaired) electrons. The number of aliphatic hydroxyl groups excluding tert-OH is 2.